The van der Waals surface area contributed by atoms with Gasteiger partial charge in [0.05, 0.1) is 5.56 Å². The monoisotopic (exact) mass is 232 g/mol. The van der Waals surface area contributed by atoms with Crippen LogP contribution in [0.1, 0.15) is 38.1 Å². The molecule has 0 atom stereocenters. The van der Waals surface area contributed by atoms with Crippen LogP contribution in [0.25, 0.3) is 10.8 Å². The van der Waals surface area contributed by atoms with Gasteiger partial charge in [-0.1, -0.05) is 58.0 Å². The van der Waals surface area contributed by atoms with Crippen molar-refractivity contribution in [2.45, 2.75) is 27.7 Å². The first-order chi connectivity index (χ1) is 8.27. The van der Waals surface area contributed by atoms with Crippen LogP contribution in [-0.4, -0.2) is 11.1 Å². The number of carbonyl (C=O) groups is 1. The summed E-state index contributed by atoms with van der Waals surface area (Å²) in [5, 5.41) is 10.8. The van der Waals surface area contributed by atoms with Gasteiger partial charge in [0.1, 0.15) is 0 Å². The molecule has 0 fully saturated rings. The molecule has 0 saturated carbocycles. The summed E-state index contributed by atoms with van der Waals surface area (Å²) in [6.45, 7) is 8.00. The number of carboxylic acid groups (broad SMARTS) is 1. The molecule has 92 valence electrons. The summed E-state index contributed by atoms with van der Waals surface area (Å²) < 4.78 is 0. The molecule has 0 unspecified atom stereocenters. The van der Waals surface area contributed by atoms with E-state index < -0.39 is 5.97 Å². The Morgan fingerprint density at radius 1 is 0.882 bits per heavy atom. The molecule has 0 radical (unpaired) electrons. The smallest absolute Gasteiger partial charge is 0.335 e. The van der Waals surface area contributed by atoms with Gasteiger partial charge in [-0.3, -0.25) is 0 Å². The maximum absolute atomic E-state index is 10.6. The fraction of sp³-hybridized carbons (Fsp3) is 0.267. The number of carboxylic acids is 1. The molecule has 0 heterocycles. The van der Waals surface area contributed by atoms with E-state index in [0.717, 1.165) is 10.8 Å². The third-order valence-electron chi connectivity index (χ3n) is 2.00. The summed E-state index contributed by atoms with van der Waals surface area (Å²) in [4.78, 5) is 10.6. The fourth-order valence-corrected chi connectivity index (χ4v) is 1.32. The van der Waals surface area contributed by atoms with Crippen molar-refractivity contribution in [3.05, 3.63) is 48.0 Å². The van der Waals surface area contributed by atoms with Gasteiger partial charge >= 0.3 is 5.97 Å². The molecule has 1 N–H and O–H groups in total. The minimum atomic E-state index is -0.884. The number of fused-ring (bicyclic) bond motifs is 1. The van der Waals surface area contributed by atoms with Crippen molar-refractivity contribution >= 4 is 16.7 Å². The molecule has 0 amide bonds. The first-order valence-corrected chi connectivity index (χ1v) is 5.99. The molecule has 0 saturated heterocycles. The lowest BCUT2D eigenvalue weighted by Crippen LogP contribution is -1.94. The van der Waals surface area contributed by atoms with Crippen LogP contribution >= 0.6 is 0 Å². The summed E-state index contributed by atoms with van der Waals surface area (Å²) in [5.74, 6) is -0.884. The number of hydrogen-bond donors (Lipinski definition) is 1. The van der Waals surface area contributed by atoms with E-state index in [-0.39, 0.29) is 0 Å². The van der Waals surface area contributed by atoms with Gasteiger partial charge in [0, 0.05) is 0 Å². The molecule has 2 nitrogen and oxygen atoms in total. The molecule has 17 heavy (non-hydrogen) atoms. The fourth-order valence-electron chi connectivity index (χ4n) is 1.32. The second-order valence-electron chi connectivity index (χ2n) is 2.87. The number of benzene rings is 2. The zero-order valence-corrected chi connectivity index (χ0v) is 10.9. The van der Waals surface area contributed by atoms with Crippen molar-refractivity contribution in [3.63, 3.8) is 0 Å². The Balaban J connectivity index is 0.000000581. The van der Waals surface area contributed by atoms with E-state index in [0.29, 0.717) is 5.56 Å². The summed E-state index contributed by atoms with van der Waals surface area (Å²) in [5.41, 5.74) is 0.332. The van der Waals surface area contributed by atoms with Crippen LogP contribution in [0, 0.1) is 0 Å². The topological polar surface area (TPSA) is 37.3 Å². The summed E-state index contributed by atoms with van der Waals surface area (Å²) in [6.07, 6.45) is 0. The van der Waals surface area contributed by atoms with E-state index in [1.165, 1.54) is 0 Å². The van der Waals surface area contributed by atoms with Crippen LogP contribution in [0.3, 0.4) is 0 Å². The quantitative estimate of drug-likeness (QED) is 0.780. The zero-order chi connectivity index (χ0) is 13.3. The summed E-state index contributed by atoms with van der Waals surface area (Å²) in [7, 11) is 0. The van der Waals surface area contributed by atoms with E-state index in [1.54, 1.807) is 12.1 Å². The van der Waals surface area contributed by atoms with Gasteiger partial charge in [-0.2, -0.15) is 0 Å². The Bertz CT molecular complexity index is 461. The van der Waals surface area contributed by atoms with Crippen molar-refractivity contribution in [2.75, 3.05) is 0 Å². The largest absolute Gasteiger partial charge is 0.478 e. The average molecular weight is 232 g/mol. The lowest BCUT2D eigenvalue weighted by atomic mass is 10.1. The second-order valence-corrected chi connectivity index (χ2v) is 2.87. The molecular weight excluding hydrogens is 212 g/mol. The Morgan fingerprint density at radius 3 is 1.94 bits per heavy atom. The normalized spacial score (nSPS) is 8.47. The number of hydrogen-bond acceptors (Lipinski definition) is 1. The van der Waals surface area contributed by atoms with E-state index in [1.807, 2.05) is 58.0 Å². The first-order valence-electron chi connectivity index (χ1n) is 5.99. The highest BCUT2D eigenvalue weighted by Crippen LogP contribution is 2.15. The van der Waals surface area contributed by atoms with E-state index in [4.69, 9.17) is 5.11 Å². The van der Waals surface area contributed by atoms with Crippen LogP contribution in [0.15, 0.2) is 42.5 Å². The first kappa shape index (κ1) is 15.2. The lowest BCUT2D eigenvalue weighted by molar-refractivity contribution is 0.0697. The Labute approximate surface area is 103 Å². The molecule has 0 aliphatic rings. The van der Waals surface area contributed by atoms with Gasteiger partial charge < -0.3 is 5.11 Å². The maximum Gasteiger partial charge on any atom is 0.335 e. The summed E-state index contributed by atoms with van der Waals surface area (Å²) >= 11 is 0. The number of rotatable bonds is 1. The van der Waals surface area contributed by atoms with Gasteiger partial charge in [0.2, 0.25) is 0 Å². The van der Waals surface area contributed by atoms with E-state index in [2.05, 4.69) is 0 Å². The minimum Gasteiger partial charge on any atom is -0.478 e. The van der Waals surface area contributed by atoms with Crippen LogP contribution < -0.4 is 0 Å². The SMILES string of the molecule is CC.CC.O=C(O)c1ccc2ccccc2c1. The van der Waals surface area contributed by atoms with Crippen LogP contribution in [0.5, 0.6) is 0 Å². The van der Waals surface area contributed by atoms with E-state index >= 15 is 0 Å². The van der Waals surface area contributed by atoms with Crippen molar-refractivity contribution in [1.82, 2.24) is 0 Å². The Hall–Kier alpha value is -1.83. The molecule has 2 heteroatoms. The van der Waals surface area contributed by atoms with Crippen LogP contribution in [0.2, 0.25) is 0 Å². The Morgan fingerprint density at radius 2 is 1.41 bits per heavy atom. The third kappa shape index (κ3) is 4.27. The molecule has 0 spiro atoms. The molecule has 0 aliphatic carbocycles. The lowest BCUT2D eigenvalue weighted by Gasteiger charge is -1.98. The van der Waals surface area contributed by atoms with Gasteiger partial charge in [-0.15, -0.1) is 0 Å². The van der Waals surface area contributed by atoms with Crippen LogP contribution in [0.4, 0.5) is 0 Å². The molecule has 0 aromatic heterocycles. The van der Waals surface area contributed by atoms with Crippen LogP contribution in [-0.2, 0) is 0 Å². The molecular formula is C15H20O2. The minimum absolute atomic E-state index is 0.332. The average Bonchev–Trinajstić information content (AvgIpc) is 2.42. The van der Waals surface area contributed by atoms with Crippen molar-refractivity contribution in [1.29, 1.82) is 0 Å². The standard InChI is InChI=1S/C11H8O2.2C2H6/c12-11(13)10-6-5-8-3-1-2-4-9(8)7-10;2*1-2/h1-7H,(H,12,13);2*1-2H3. The third-order valence-corrected chi connectivity index (χ3v) is 2.00. The Kier molecular flexibility index (Phi) is 7.44. The number of aromatic carboxylic acids is 1. The molecule has 2 aromatic carbocycles. The predicted octanol–water partition coefficient (Wildman–Crippen LogP) is 4.59. The molecule has 0 bridgehead atoms. The highest BCUT2D eigenvalue weighted by molar-refractivity contribution is 5.94. The van der Waals surface area contributed by atoms with Crippen molar-refractivity contribution in [3.8, 4) is 0 Å². The highest BCUT2D eigenvalue weighted by atomic mass is 16.4. The van der Waals surface area contributed by atoms with Gasteiger partial charge in [0.25, 0.3) is 0 Å². The van der Waals surface area contributed by atoms with Crippen molar-refractivity contribution < 1.29 is 9.90 Å². The van der Waals surface area contributed by atoms with Gasteiger partial charge in [0.15, 0.2) is 0 Å². The maximum atomic E-state index is 10.6. The molecule has 2 rings (SSSR count). The highest BCUT2D eigenvalue weighted by Gasteiger charge is 2.01. The molecule has 2 aromatic rings. The molecule has 0 aliphatic heterocycles. The zero-order valence-electron chi connectivity index (χ0n) is 10.9. The predicted molar refractivity (Wildman–Crippen MR) is 73.6 cm³/mol. The summed E-state index contributed by atoms with van der Waals surface area (Å²) in [6, 6.07) is 12.8. The second kappa shape index (κ2) is 8.34. The van der Waals surface area contributed by atoms with Gasteiger partial charge in [-0.05, 0) is 22.9 Å². The van der Waals surface area contributed by atoms with Crippen molar-refractivity contribution in [2.24, 2.45) is 0 Å². The van der Waals surface area contributed by atoms with Gasteiger partial charge in [-0.25, -0.2) is 4.79 Å². The van der Waals surface area contributed by atoms with E-state index in [9.17, 15) is 4.79 Å².